The molecule has 4 nitrogen and oxygen atoms in total. The van der Waals surface area contributed by atoms with Gasteiger partial charge in [0, 0.05) is 23.6 Å². The van der Waals surface area contributed by atoms with Crippen LogP contribution in [-0.2, 0) is 11.3 Å². The van der Waals surface area contributed by atoms with Crippen molar-refractivity contribution in [2.45, 2.75) is 19.5 Å². The minimum Gasteiger partial charge on any atom is -0.361 e. The van der Waals surface area contributed by atoms with Gasteiger partial charge in [0.15, 0.2) is 0 Å². The first-order chi connectivity index (χ1) is 11.6. The number of hydrogen-bond acceptors (Lipinski definition) is 2. The quantitative estimate of drug-likeness (QED) is 0.757. The third kappa shape index (κ3) is 3.34. The van der Waals surface area contributed by atoms with Gasteiger partial charge < -0.3 is 10.3 Å². The van der Waals surface area contributed by atoms with Crippen LogP contribution < -0.4 is 5.32 Å². The molecule has 0 unspecified atom stereocenters. The maximum Gasteiger partial charge on any atom is 0.242 e. The number of amides is 1. The lowest BCUT2D eigenvalue weighted by atomic mass is 10.0. The van der Waals surface area contributed by atoms with E-state index >= 15 is 0 Å². The average molecular weight is 321 g/mol. The van der Waals surface area contributed by atoms with E-state index in [0.717, 1.165) is 27.6 Å². The number of aryl methyl sites for hydroxylation is 1. The van der Waals surface area contributed by atoms with Crippen molar-refractivity contribution < 1.29 is 4.79 Å². The van der Waals surface area contributed by atoms with E-state index in [1.165, 1.54) is 0 Å². The molecular formula is C20H23N3O. The summed E-state index contributed by atoms with van der Waals surface area (Å²) in [7, 11) is 3.86. The van der Waals surface area contributed by atoms with Gasteiger partial charge in [-0.1, -0.05) is 42.0 Å². The molecule has 1 amide bonds. The Hall–Kier alpha value is -2.59. The maximum atomic E-state index is 12.8. The second kappa shape index (κ2) is 6.89. The van der Waals surface area contributed by atoms with Gasteiger partial charge >= 0.3 is 0 Å². The normalized spacial score (nSPS) is 12.5. The van der Waals surface area contributed by atoms with Gasteiger partial charge in [0.25, 0.3) is 0 Å². The van der Waals surface area contributed by atoms with Crippen molar-refractivity contribution in [2.24, 2.45) is 0 Å². The molecule has 0 aliphatic rings. The van der Waals surface area contributed by atoms with E-state index in [1.807, 2.05) is 74.6 Å². The van der Waals surface area contributed by atoms with Gasteiger partial charge in [-0.15, -0.1) is 0 Å². The van der Waals surface area contributed by atoms with Gasteiger partial charge in [0.2, 0.25) is 5.91 Å². The van der Waals surface area contributed by atoms with Crippen molar-refractivity contribution in [3.8, 4) is 0 Å². The summed E-state index contributed by atoms with van der Waals surface area (Å²) in [4.78, 5) is 17.9. The monoisotopic (exact) mass is 321 g/mol. The smallest absolute Gasteiger partial charge is 0.242 e. The Kier molecular flexibility index (Phi) is 4.67. The number of rotatable bonds is 5. The van der Waals surface area contributed by atoms with Crippen LogP contribution in [0.5, 0.6) is 0 Å². The van der Waals surface area contributed by atoms with Gasteiger partial charge in [0.05, 0.1) is 0 Å². The highest BCUT2D eigenvalue weighted by atomic mass is 16.2. The standard InChI is InChI=1S/C20H23N3O/c1-14-6-4-7-15(12-14)19(23(2)3)20(24)22-13-16-8-5-9-18-17(16)10-11-21-18/h4-12,19,21H,13H2,1-3H3,(H,22,24)/t19-/m0/s1. The van der Waals surface area contributed by atoms with Crippen LogP contribution in [0.3, 0.4) is 0 Å². The highest BCUT2D eigenvalue weighted by Crippen LogP contribution is 2.21. The minimum absolute atomic E-state index is 0.0122. The highest BCUT2D eigenvalue weighted by molar-refractivity contribution is 5.85. The van der Waals surface area contributed by atoms with Crippen LogP contribution in [0.25, 0.3) is 10.9 Å². The van der Waals surface area contributed by atoms with E-state index in [0.29, 0.717) is 6.54 Å². The summed E-state index contributed by atoms with van der Waals surface area (Å²) in [6.45, 7) is 2.56. The number of fused-ring (bicyclic) bond motifs is 1. The average Bonchev–Trinajstić information content (AvgIpc) is 3.02. The number of nitrogens with zero attached hydrogens (tertiary/aromatic N) is 1. The van der Waals surface area contributed by atoms with Crippen molar-refractivity contribution in [1.29, 1.82) is 0 Å². The van der Waals surface area contributed by atoms with Crippen LogP contribution in [0.15, 0.2) is 54.7 Å². The molecule has 0 fully saturated rings. The van der Waals surface area contributed by atoms with Gasteiger partial charge in [-0.05, 0) is 44.3 Å². The Morgan fingerprint density at radius 1 is 1.17 bits per heavy atom. The molecule has 3 aromatic rings. The molecule has 0 saturated heterocycles. The summed E-state index contributed by atoms with van der Waals surface area (Å²) < 4.78 is 0. The first-order valence-electron chi connectivity index (χ1n) is 8.12. The molecule has 0 aliphatic carbocycles. The molecule has 1 atom stereocenters. The topological polar surface area (TPSA) is 48.1 Å². The second-order valence-corrected chi connectivity index (χ2v) is 6.35. The van der Waals surface area contributed by atoms with Crippen LogP contribution in [0, 0.1) is 6.92 Å². The zero-order valence-corrected chi connectivity index (χ0v) is 14.3. The number of hydrogen-bond donors (Lipinski definition) is 2. The van der Waals surface area contributed by atoms with Gasteiger partial charge in [-0.3, -0.25) is 9.69 Å². The van der Waals surface area contributed by atoms with Crippen molar-refractivity contribution in [3.05, 3.63) is 71.4 Å². The molecule has 0 radical (unpaired) electrons. The van der Waals surface area contributed by atoms with Crippen molar-refractivity contribution in [3.63, 3.8) is 0 Å². The van der Waals surface area contributed by atoms with E-state index in [9.17, 15) is 4.79 Å². The van der Waals surface area contributed by atoms with Crippen molar-refractivity contribution >= 4 is 16.8 Å². The van der Waals surface area contributed by atoms with Crippen LogP contribution in [0.4, 0.5) is 0 Å². The Labute approximate surface area is 142 Å². The molecule has 1 aromatic heterocycles. The predicted octanol–water partition coefficient (Wildman–Crippen LogP) is 3.40. The van der Waals surface area contributed by atoms with Crippen LogP contribution >= 0.6 is 0 Å². The summed E-state index contributed by atoms with van der Waals surface area (Å²) >= 11 is 0. The number of carbonyl (C=O) groups excluding carboxylic acids is 1. The molecule has 2 aromatic carbocycles. The molecule has 0 saturated carbocycles. The molecule has 0 spiro atoms. The third-order valence-corrected chi connectivity index (χ3v) is 4.26. The van der Waals surface area contributed by atoms with Gasteiger partial charge in [0.1, 0.15) is 6.04 Å². The Balaban J connectivity index is 1.78. The van der Waals surface area contributed by atoms with E-state index in [4.69, 9.17) is 0 Å². The lowest BCUT2D eigenvalue weighted by Gasteiger charge is -2.24. The molecule has 0 aliphatic heterocycles. The van der Waals surface area contributed by atoms with E-state index in [2.05, 4.69) is 16.4 Å². The van der Waals surface area contributed by atoms with Gasteiger partial charge in [-0.25, -0.2) is 0 Å². The summed E-state index contributed by atoms with van der Waals surface area (Å²) in [5.41, 5.74) is 4.37. The summed E-state index contributed by atoms with van der Waals surface area (Å²) in [5.74, 6) is 0.0122. The molecule has 1 heterocycles. The lowest BCUT2D eigenvalue weighted by Crippen LogP contribution is -2.36. The molecule has 124 valence electrons. The van der Waals surface area contributed by atoms with E-state index in [-0.39, 0.29) is 11.9 Å². The van der Waals surface area contributed by atoms with E-state index in [1.54, 1.807) is 0 Å². The van der Waals surface area contributed by atoms with Crippen LogP contribution in [0.1, 0.15) is 22.7 Å². The second-order valence-electron chi connectivity index (χ2n) is 6.35. The fourth-order valence-corrected chi connectivity index (χ4v) is 3.11. The first kappa shape index (κ1) is 16.3. The Bertz CT molecular complexity index is 851. The van der Waals surface area contributed by atoms with Crippen molar-refractivity contribution in [2.75, 3.05) is 14.1 Å². The number of aromatic amines is 1. The fourth-order valence-electron chi connectivity index (χ4n) is 3.11. The highest BCUT2D eigenvalue weighted by Gasteiger charge is 2.22. The number of carbonyl (C=O) groups is 1. The SMILES string of the molecule is Cc1cccc([C@@H](C(=O)NCc2cccc3[nH]ccc23)N(C)C)c1. The molecule has 2 N–H and O–H groups in total. The Morgan fingerprint density at radius 3 is 2.71 bits per heavy atom. The lowest BCUT2D eigenvalue weighted by molar-refractivity contribution is -0.125. The minimum atomic E-state index is -0.296. The number of likely N-dealkylation sites (N-methyl/N-ethyl adjacent to an activating group) is 1. The molecule has 3 rings (SSSR count). The molecule has 4 heteroatoms. The Morgan fingerprint density at radius 2 is 1.96 bits per heavy atom. The summed E-state index contributed by atoms with van der Waals surface area (Å²) in [6, 6.07) is 15.9. The van der Waals surface area contributed by atoms with Crippen LogP contribution in [0.2, 0.25) is 0 Å². The predicted molar refractivity (Wildman–Crippen MR) is 97.8 cm³/mol. The summed E-state index contributed by atoms with van der Waals surface area (Å²) in [6.07, 6.45) is 1.92. The fraction of sp³-hybridized carbons (Fsp3) is 0.250. The number of aromatic nitrogens is 1. The van der Waals surface area contributed by atoms with Gasteiger partial charge in [-0.2, -0.15) is 0 Å². The largest absolute Gasteiger partial charge is 0.361 e. The number of nitrogens with one attached hydrogen (secondary N) is 2. The van der Waals surface area contributed by atoms with Crippen molar-refractivity contribution in [1.82, 2.24) is 15.2 Å². The zero-order chi connectivity index (χ0) is 17.1. The molecule has 0 bridgehead atoms. The molecule has 24 heavy (non-hydrogen) atoms. The van der Waals surface area contributed by atoms with E-state index < -0.39 is 0 Å². The number of benzene rings is 2. The van der Waals surface area contributed by atoms with Crippen LogP contribution in [-0.4, -0.2) is 29.9 Å². The third-order valence-electron chi connectivity index (χ3n) is 4.26. The maximum absolute atomic E-state index is 12.8. The summed E-state index contributed by atoms with van der Waals surface area (Å²) in [5, 5.41) is 4.23. The first-order valence-corrected chi connectivity index (χ1v) is 8.12. The molecular weight excluding hydrogens is 298 g/mol. The zero-order valence-electron chi connectivity index (χ0n) is 14.3. The number of H-pyrrole nitrogens is 1.